The predicted molar refractivity (Wildman–Crippen MR) is 146 cm³/mol. The molecule has 0 heterocycles. The Morgan fingerprint density at radius 2 is 1.57 bits per heavy atom. The molecule has 1 atom stereocenters. The third-order valence-corrected chi connectivity index (χ3v) is 8.16. The first-order valence-corrected chi connectivity index (χ1v) is 13.6. The Balaban J connectivity index is 2.00. The SMILES string of the molecule is CNC(=O)[C@H](C)N(Cc1ccc(Cl)cc1)C(=O)CN(c1ccc(I)cc1)S(=O)(=O)c1ccccc1. The summed E-state index contributed by atoms with van der Waals surface area (Å²) in [5.74, 6) is -0.881. The molecule has 184 valence electrons. The Morgan fingerprint density at radius 1 is 0.971 bits per heavy atom. The van der Waals surface area contributed by atoms with Crippen LogP contribution < -0.4 is 9.62 Å². The maximum atomic E-state index is 13.6. The molecule has 0 bridgehead atoms. The van der Waals surface area contributed by atoms with Crippen molar-refractivity contribution in [2.45, 2.75) is 24.4 Å². The highest BCUT2D eigenvalue weighted by Gasteiger charge is 2.32. The van der Waals surface area contributed by atoms with Gasteiger partial charge in [-0.25, -0.2) is 8.42 Å². The van der Waals surface area contributed by atoms with Gasteiger partial charge in [0.1, 0.15) is 12.6 Å². The van der Waals surface area contributed by atoms with Gasteiger partial charge in [-0.1, -0.05) is 41.9 Å². The summed E-state index contributed by atoms with van der Waals surface area (Å²) >= 11 is 8.11. The fraction of sp³-hybridized carbons (Fsp3) is 0.200. The Hall–Kier alpha value is -2.63. The number of sulfonamides is 1. The molecule has 0 aliphatic carbocycles. The lowest BCUT2D eigenvalue weighted by atomic mass is 10.1. The normalized spacial score (nSPS) is 12.0. The van der Waals surface area contributed by atoms with Crippen molar-refractivity contribution in [2.75, 3.05) is 17.9 Å². The lowest BCUT2D eigenvalue weighted by Gasteiger charge is -2.31. The fourth-order valence-electron chi connectivity index (χ4n) is 3.43. The Kier molecular flexibility index (Phi) is 9.15. The van der Waals surface area contributed by atoms with Crippen LogP contribution in [0.2, 0.25) is 5.02 Å². The molecule has 0 aliphatic rings. The summed E-state index contributed by atoms with van der Waals surface area (Å²) in [6.07, 6.45) is 0. The topological polar surface area (TPSA) is 86.8 Å². The second kappa shape index (κ2) is 11.9. The monoisotopic (exact) mass is 625 g/mol. The average molecular weight is 626 g/mol. The smallest absolute Gasteiger partial charge is 0.264 e. The van der Waals surface area contributed by atoms with E-state index in [1.165, 1.54) is 24.1 Å². The molecule has 0 aromatic heterocycles. The van der Waals surface area contributed by atoms with Gasteiger partial charge in [0.15, 0.2) is 0 Å². The van der Waals surface area contributed by atoms with Crippen molar-refractivity contribution in [1.29, 1.82) is 0 Å². The number of amides is 2. The van der Waals surface area contributed by atoms with E-state index in [0.717, 1.165) is 13.4 Å². The number of likely N-dealkylation sites (N-methyl/N-ethyl adjacent to an activating group) is 1. The zero-order valence-electron chi connectivity index (χ0n) is 19.2. The molecule has 2 amide bonds. The van der Waals surface area contributed by atoms with Gasteiger partial charge < -0.3 is 10.2 Å². The van der Waals surface area contributed by atoms with E-state index in [-0.39, 0.29) is 17.3 Å². The van der Waals surface area contributed by atoms with Gasteiger partial charge in [0.25, 0.3) is 10.0 Å². The molecule has 35 heavy (non-hydrogen) atoms. The summed E-state index contributed by atoms with van der Waals surface area (Å²) < 4.78 is 29.2. The maximum Gasteiger partial charge on any atom is 0.264 e. The van der Waals surface area contributed by atoms with Crippen molar-refractivity contribution >= 4 is 61.7 Å². The van der Waals surface area contributed by atoms with E-state index in [1.54, 1.807) is 73.7 Å². The standard InChI is InChI=1S/C25H25ClIN3O4S/c1-18(25(32)28-2)29(16-19-8-10-20(26)11-9-19)24(31)17-30(22-14-12-21(27)13-15-22)35(33,34)23-6-4-3-5-7-23/h3-15,18H,16-17H2,1-2H3,(H,28,32)/t18-/m0/s1. The van der Waals surface area contributed by atoms with Crippen LogP contribution in [0.5, 0.6) is 0 Å². The van der Waals surface area contributed by atoms with Crippen molar-refractivity contribution in [1.82, 2.24) is 10.2 Å². The summed E-state index contributed by atoms with van der Waals surface area (Å²) in [6, 6.07) is 20.9. The van der Waals surface area contributed by atoms with Crippen LogP contribution in [0.3, 0.4) is 0 Å². The van der Waals surface area contributed by atoms with Gasteiger partial charge >= 0.3 is 0 Å². The van der Waals surface area contributed by atoms with Gasteiger partial charge in [0.2, 0.25) is 11.8 Å². The molecule has 0 aliphatic heterocycles. The number of nitrogens with one attached hydrogen (secondary N) is 1. The number of hydrogen-bond donors (Lipinski definition) is 1. The molecule has 3 aromatic carbocycles. The minimum atomic E-state index is -4.06. The number of anilines is 1. The van der Waals surface area contributed by atoms with Crippen LogP contribution in [0.4, 0.5) is 5.69 Å². The summed E-state index contributed by atoms with van der Waals surface area (Å²) in [7, 11) is -2.57. The van der Waals surface area contributed by atoms with Gasteiger partial charge in [-0.2, -0.15) is 0 Å². The first kappa shape index (κ1) is 27.0. The zero-order valence-corrected chi connectivity index (χ0v) is 22.9. The largest absolute Gasteiger partial charge is 0.357 e. The number of nitrogens with zero attached hydrogens (tertiary/aromatic N) is 2. The summed E-state index contributed by atoms with van der Waals surface area (Å²) in [6.45, 7) is 1.23. The van der Waals surface area contributed by atoms with Gasteiger partial charge in [-0.3, -0.25) is 13.9 Å². The van der Waals surface area contributed by atoms with Gasteiger partial charge in [0.05, 0.1) is 10.6 Å². The number of hydrogen-bond acceptors (Lipinski definition) is 4. The Bertz CT molecular complexity index is 1270. The lowest BCUT2D eigenvalue weighted by molar-refractivity contribution is -0.139. The van der Waals surface area contributed by atoms with Crippen LogP contribution in [0.1, 0.15) is 12.5 Å². The average Bonchev–Trinajstić information content (AvgIpc) is 2.87. The third kappa shape index (κ3) is 6.74. The number of halogens is 2. The third-order valence-electron chi connectivity index (χ3n) is 5.40. The molecule has 0 saturated heterocycles. The number of rotatable bonds is 9. The van der Waals surface area contributed by atoms with Crippen LogP contribution in [-0.4, -0.2) is 44.8 Å². The van der Waals surface area contributed by atoms with Crippen molar-refractivity contribution in [3.05, 3.63) is 93.0 Å². The van der Waals surface area contributed by atoms with Gasteiger partial charge in [-0.05, 0) is 83.6 Å². The highest BCUT2D eigenvalue weighted by Crippen LogP contribution is 2.25. The second-order valence-electron chi connectivity index (χ2n) is 7.74. The molecule has 0 saturated carbocycles. The lowest BCUT2D eigenvalue weighted by Crippen LogP contribution is -2.50. The van der Waals surface area contributed by atoms with Crippen LogP contribution >= 0.6 is 34.2 Å². The van der Waals surface area contributed by atoms with Crippen LogP contribution in [-0.2, 0) is 26.2 Å². The minimum Gasteiger partial charge on any atom is -0.357 e. The van der Waals surface area contributed by atoms with E-state index in [1.807, 2.05) is 0 Å². The maximum absolute atomic E-state index is 13.6. The van der Waals surface area contributed by atoms with Crippen molar-refractivity contribution in [3.63, 3.8) is 0 Å². The van der Waals surface area contributed by atoms with Crippen LogP contribution in [0.25, 0.3) is 0 Å². The molecule has 7 nitrogen and oxygen atoms in total. The highest BCUT2D eigenvalue weighted by molar-refractivity contribution is 14.1. The zero-order chi connectivity index (χ0) is 25.6. The number of benzene rings is 3. The minimum absolute atomic E-state index is 0.0648. The molecular weight excluding hydrogens is 601 g/mol. The predicted octanol–water partition coefficient (Wildman–Crippen LogP) is 4.30. The number of carbonyl (C=O) groups is 2. The van der Waals surface area contributed by atoms with E-state index >= 15 is 0 Å². The van der Waals surface area contributed by atoms with Crippen LogP contribution in [0.15, 0.2) is 83.8 Å². The van der Waals surface area contributed by atoms with E-state index in [0.29, 0.717) is 10.7 Å². The molecule has 3 rings (SSSR count). The van der Waals surface area contributed by atoms with Crippen molar-refractivity contribution in [2.24, 2.45) is 0 Å². The second-order valence-corrected chi connectivity index (χ2v) is 11.3. The quantitative estimate of drug-likeness (QED) is 0.360. The Morgan fingerprint density at radius 3 is 2.14 bits per heavy atom. The van der Waals surface area contributed by atoms with Crippen molar-refractivity contribution in [3.8, 4) is 0 Å². The summed E-state index contributed by atoms with van der Waals surface area (Å²) in [5.41, 5.74) is 1.10. The summed E-state index contributed by atoms with van der Waals surface area (Å²) in [4.78, 5) is 27.5. The number of carbonyl (C=O) groups excluding carboxylic acids is 2. The molecule has 0 unspecified atom stereocenters. The van der Waals surface area contributed by atoms with Crippen molar-refractivity contribution < 1.29 is 18.0 Å². The molecule has 10 heteroatoms. The fourth-order valence-corrected chi connectivity index (χ4v) is 5.35. The molecule has 0 fully saturated rings. The van der Waals surface area contributed by atoms with Gasteiger partial charge in [-0.15, -0.1) is 0 Å². The first-order chi connectivity index (χ1) is 16.6. The van der Waals surface area contributed by atoms with Crippen LogP contribution in [0, 0.1) is 3.57 Å². The Labute approximate surface area is 224 Å². The van der Waals surface area contributed by atoms with Gasteiger partial charge in [0, 0.05) is 22.2 Å². The highest BCUT2D eigenvalue weighted by atomic mass is 127. The van der Waals surface area contributed by atoms with E-state index in [2.05, 4.69) is 27.9 Å². The molecule has 1 N–H and O–H groups in total. The molecule has 0 radical (unpaired) electrons. The van der Waals surface area contributed by atoms with E-state index < -0.39 is 28.5 Å². The van der Waals surface area contributed by atoms with E-state index in [9.17, 15) is 18.0 Å². The first-order valence-electron chi connectivity index (χ1n) is 10.7. The van der Waals surface area contributed by atoms with E-state index in [4.69, 9.17) is 11.6 Å². The molecule has 3 aromatic rings. The molecule has 0 spiro atoms. The molecular formula is C25H25ClIN3O4S. The summed E-state index contributed by atoms with van der Waals surface area (Å²) in [5, 5.41) is 3.10.